The largest absolute Gasteiger partial charge is 0.497 e. The van der Waals surface area contributed by atoms with E-state index >= 15 is 0 Å². The molecule has 0 radical (unpaired) electrons. The third-order valence-corrected chi connectivity index (χ3v) is 5.51. The molecule has 2 fully saturated rings. The third-order valence-electron chi connectivity index (χ3n) is 5.51. The summed E-state index contributed by atoms with van der Waals surface area (Å²) in [4.78, 5) is 21.0. The minimum absolute atomic E-state index is 0.0431. The highest BCUT2D eigenvalue weighted by molar-refractivity contribution is 5.71. The summed E-state index contributed by atoms with van der Waals surface area (Å²) >= 11 is 0. The number of hydrogen-bond donors (Lipinski definition) is 0. The number of aryl methyl sites for hydroxylation is 1. The van der Waals surface area contributed by atoms with Crippen LogP contribution in [0, 0.1) is 0 Å². The number of ether oxygens (including phenoxy) is 2. The van der Waals surface area contributed by atoms with Crippen molar-refractivity contribution >= 4 is 6.09 Å². The van der Waals surface area contributed by atoms with Gasteiger partial charge in [0, 0.05) is 38.6 Å². The van der Waals surface area contributed by atoms with Gasteiger partial charge in [-0.05, 0) is 31.0 Å². The van der Waals surface area contributed by atoms with E-state index in [2.05, 4.69) is 21.4 Å². The van der Waals surface area contributed by atoms with Crippen molar-refractivity contribution in [2.24, 2.45) is 0 Å². The van der Waals surface area contributed by atoms with Crippen molar-refractivity contribution in [2.75, 3.05) is 26.7 Å². The SMILES string of the molecule is CCn1ccnc1CN1C[C@H]2OC(=O)N(CCc3ccc(OC)cc3)[C@H]2C1. The van der Waals surface area contributed by atoms with Crippen LogP contribution < -0.4 is 4.74 Å². The first-order chi connectivity index (χ1) is 13.2. The molecule has 1 amide bonds. The Morgan fingerprint density at radius 1 is 1.26 bits per heavy atom. The second-order valence-corrected chi connectivity index (χ2v) is 7.10. The molecule has 0 unspecified atom stereocenters. The van der Waals surface area contributed by atoms with Crippen LogP contribution in [0.2, 0.25) is 0 Å². The Morgan fingerprint density at radius 2 is 2.07 bits per heavy atom. The Hall–Kier alpha value is -2.54. The molecule has 4 rings (SSSR count). The first-order valence-electron chi connectivity index (χ1n) is 9.50. The highest BCUT2D eigenvalue weighted by atomic mass is 16.6. The fraction of sp³-hybridized carbons (Fsp3) is 0.500. The predicted molar refractivity (Wildman–Crippen MR) is 101 cm³/mol. The van der Waals surface area contributed by atoms with Crippen LogP contribution in [0.4, 0.5) is 4.79 Å². The molecule has 0 bridgehead atoms. The lowest BCUT2D eigenvalue weighted by molar-refractivity contribution is 0.119. The molecule has 1 aromatic carbocycles. The number of amides is 1. The molecule has 2 aliphatic rings. The maximum absolute atomic E-state index is 12.3. The Morgan fingerprint density at radius 3 is 2.81 bits per heavy atom. The molecule has 0 aliphatic carbocycles. The number of nitrogens with zero attached hydrogens (tertiary/aromatic N) is 4. The van der Waals surface area contributed by atoms with Gasteiger partial charge in [0.25, 0.3) is 0 Å². The number of likely N-dealkylation sites (tertiary alicyclic amines) is 1. The molecule has 0 N–H and O–H groups in total. The summed E-state index contributed by atoms with van der Waals surface area (Å²) in [7, 11) is 1.66. The normalized spacial score (nSPS) is 22.1. The van der Waals surface area contributed by atoms with Gasteiger partial charge in [0.15, 0.2) is 0 Å². The lowest BCUT2D eigenvalue weighted by Gasteiger charge is -2.22. The summed E-state index contributed by atoms with van der Waals surface area (Å²) in [6.07, 6.45) is 4.43. The van der Waals surface area contributed by atoms with Crippen molar-refractivity contribution in [3.63, 3.8) is 0 Å². The minimum Gasteiger partial charge on any atom is -0.497 e. The predicted octanol–water partition coefficient (Wildman–Crippen LogP) is 2.16. The Bertz CT molecular complexity index is 789. The minimum atomic E-state index is -0.187. The number of carbonyl (C=O) groups excluding carboxylic acids is 1. The zero-order valence-electron chi connectivity index (χ0n) is 15.9. The van der Waals surface area contributed by atoms with Gasteiger partial charge in [0.2, 0.25) is 0 Å². The van der Waals surface area contributed by atoms with Gasteiger partial charge >= 0.3 is 6.09 Å². The van der Waals surface area contributed by atoms with Crippen molar-refractivity contribution in [3.05, 3.63) is 48.0 Å². The number of imidazole rings is 1. The van der Waals surface area contributed by atoms with Crippen LogP contribution in [-0.4, -0.2) is 64.3 Å². The molecule has 2 aliphatic heterocycles. The molecule has 1 aromatic heterocycles. The topological polar surface area (TPSA) is 59.8 Å². The van der Waals surface area contributed by atoms with Crippen LogP contribution in [0.25, 0.3) is 0 Å². The molecular weight excluding hydrogens is 344 g/mol. The van der Waals surface area contributed by atoms with Gasteiger partial charge < -0.3 is 14.0 Å². The lowest BCUT2D eigenvalue weighted by atomic mass is 10.1. The molecule has 7 nitrogen and oxygen atoms in total. The van der Waals surface area contributed by atoms with Gasteiger partial charge in [-0.15, -0.1) is 0 Å². The van der Waals surface area contributed by atoms with E-state index in [-0.39, 0.29) is 18.2 Å². The highest BCUT2D eigenvalue weighted by Crippen LogP contribution is 2.28. The maximum Gasteiger partial charge on any atom is 0.410 e. The average Bonchev–Trinajstić information content (AvgIpc) is 3.36. The number of rotatable bonds is 7. The number of carbonyl (C=O) groups is 1. The highest BCUT2D eigenvalue weighted by Gasteiger charge is 2.47. The van der Waals surface area contributed by atoms with Crippen LogP contribution in [0.15, 0.2) is 36.7 Å². The van der Waals surface area contributed by atoms with E-state index in [4.69, 9.17) is 9.47 Å². The molecule has 27 heavy (non-hydrogen) atoms. The van der Waals surface area contributed by atoms with Crippen molar-refractivity contribution in [3.8, 4) is 5.75 Å². The Balaban J connectivity index is 1.36. The molecule has 2 atom stereocenters. The van der Waals surface area contributed by atoms with E-state index in [0.29, 0.717) is 6.54 Å². The van der Waals surface area contributed by atoms with Gasteiger partial charge in [0.05, 0.1) is 19.7 Å². The van der Waals surface area contributed by atoms with E-state index < -0.39 is 0 Å². The van der Waals surface area contributed by atoms with Crippen LogP contribution in [0.3, 0.4) is 0 Å². The summed E-state index contributed by atoms with van der Waals surface area (Å²) in [5.41, 5.74) is 1.19. The van der Waals surface area contributed by atoms with Gasteiger partial charge in [0.1, 0.15) is 17.7 Å². The van der Waals surface area contributed by atoms with Crippen molar-refractivity contribution in [1.82, 2.24) is 19.4 Å². The first-order valence-corrected chi connectivity index (χ1v) is 9.50. The first kappa shape index (κ1) is 17.9. The molecular formula is C20H26N4O3. The second kappa shape index (κ2) is 7.60. The summed E-state index contributed by atoms with van der Waals surface area (Å²) in [6.45, 7) is 6.09. The van der Waals surface area contributed by atoms with Crippen LogP contribution in [0.5, 0.6) is 5.75 Å². The molecule has 2 saturated heterocycles. The van der Waals surface area contributed by atoms with E-state index in [1.165, 1.54) is 5.56 Å². The summed E-state index contributed by atoms with van der Waals surface area (Å²) in [5.74, 6) is 1.91. The summed E-state index contributed by atoms with van der Waals surface area (Å²) < 4.78 is 13.0. The molecule has 144 valence electrons. The lowest BCUT2D eigenvalue weighted by Crippen LogP contribution is -2.39. The van der Waals surface area contributed by atoms with Crippen LogP contribution in [-0.2, 0) is 24.2 Å². The quantitative estimate of drug-likeness (QED) is 0.748. The van der Waals surface area contributed by atoms with E-state index in [1.807, 2.05) is 41.6 Å². The maximum atomic E-state index is 12.3. The summed E-state index contributed by atoms with van der Waals surface area (Å²) in [6, 6.07) is 8.12. The molecule has 0 spiro atoms. The summed E-state index contributed by atoms with van der Waals surface area (Å²) in [5, 5.41) is 0. The Kier molecular flexibility index (Phi) is 5.03. The Labute approximate surface area is 159 Å². The standard InChI is InChI=1S/C20H26N4O3/c1-3-23-11-9-21-19(23)14-22-12-17-18(13-22)27-20(25)24(17)10-8-15-4-6-16(26-2)7-5-15/h4-7,9,11,17-18H,3,8,10,12-14H2,1-2H3/t17-,18+/m0/s1. The number of aromatic nitrogens is 2. The van der Waals surface area contributed by atoms with E-state index in [1.54, 1.807) is 7.11 Å². The van der Waals surface area contributed by atoms with Gasteiger partial charge in [-0.3, -0.25) is 9.80 Å². The third kappa shape index (κ3) is 3.64. The van der Waals surface area contributed by atoms with Gasteiger partial charge in [-0.2, -0.15) is 0 Å². The number of methoxy groups -OCH3 is 1. The van der Waals surface area contributed by atoms with Crippen LogP contribution in [0.1, 0.15) is 18.3 Å². The molecule has 7 heteroatoms. The molecule has 2 aromatic rings. The smallest absolute Gasteiger partial charge is 0.410 e. The van der Waals surface area contributed by atoms with Crippen molar-refractivity contribution in [2.45, 2.75) is 38.6 Å². The fourth-order valence-corrected chi connectivity index (χ4v) is 3.99. The number of hydrogen-bond acceptors (Lipinski definition) is 5. The van der Waals surface area contributed by atoms with Gasteiger partial charge in [-0.25, -0.2) is 9.78 Å². The van der Waals surface area contributed by atoms with Crippen LogP contribution >= 0.6 is 0 Å². The zero-order valence-corrected chi connectivity index (χ0v) is 15.9. The number of fused-ring (bicyclic) bond motifs is 1. The van der Waals surface area contributed by atoms with Crippen molar-refractivity contribution in [1.29, 1.82) is 0 Å². The molecule has 0 saturated carbocycles. The fourth-order valence-electron chi connectivity index (χ4n) is 3.99. The van der Waals surface area contributed by atoms with Crippen molar-refractivity contribution < 1.29 is 14.3 Å². The second-order valence-electron chi connectivity index (χ2n) is 7.10. The molecule has 3 heterocycles. The monoisotopic (exact) mass is 370 g/mol. The average molecular weight is 370 g/mol. The van der Waals surface area contributed by atoms with E-state index in [9.17, 15) is 4.79 Å². The number of benzene rings is 1. The zero-order chi connectivity index (χ0) is 18.8. The van der Waals surface area contributed by atoms with E-state index in [0.717, 1.165) is 44.2 Å². The van der Waals surface area contributed by atoms with Gasteiger partial charge in [-0.1, -0.05) is 12.1 Å².